The Morgan fingerprint density at radius 3 is 2.80 bits per heavy atom. The van der Waals surface area contributed by atoms with Crippen LogP contribution in [0.15, 0.2) is 36.5 Å². The number of amides is 1. The van der Waals surface area contributed by atoms with E-state index in [1.165, 1.54) is 0 Å². The Kier molecular flexibility index (Phi) is 4.30. The van der Waals surface area contributed by atoms with Gasteiger partial charge >= 0.3 is 0 Å². The summed E-state index contributed by atoms with van der Waals surface area (Å²) in [5.74, 6) is 0.832. The third kappa shape index (κ3) is 3.54. The highest BCUT2D eigenvalue weighted by Gasteiger charge is 2.11. The highest BCUT2D eigenvalue weighted by molar-refractivity contribution is 6.04. The first kappa shape index (κ1) is 14.0. The predicted octanol–water partition coefficient (Wildman–Crippen LogP) is 2.88. The number of ether oxygens (including phenoxy) is 1. The fourth-order valence-electron chi connectivity index (χ4n) is 1.68. The van der Waals surface area contributed by atoms with Crippen LogP contribution in [0.3, 0.4) is 0 Å². The topological polar surface area (TPSA) is 80.1 Å². The lowest BCUT2D eigenvalue weighted by Gasteiger charge is -2.13. The Balaban J connectivity index is 2.10. The van der Waals surface area contributed by atoms with E-state index in [0.717, 1.165) is 0 Å². The number of nitrogen functional groups attached to an aromatic ring is 1. The molecule has 0 aliphatic carbocycles. The first-order valence-electron chi connectivity index (χ1n) is 6.53. The van der Waals surface area contributed by atoms with Gasteiger partial charge in [-0.3, -0.25) is 4.79 Å². The molecule has 106 valence electrons. The molecule has 0 bridgehead atoms. The van der Waals surface area contributed by atoms with Crippen LogP contribution < -0.4 is 15.8 Å². The second kappa shape index (κ2) is 6.14. The minimum absolute atomic E-state index is 0.248. The highest BCUT2D eigenvalue weighted by atomic mass is 16.5. The van der Waals surface area contributed by atoms with Crippen molar-refractivity contribution >= 4 is 17.3 Å². The van der Waals surface area contributed by atoms with Crippen LogP contribution in [0.5, 0.6) is 5.75 Å². The molecule has 2 rings (SSSR count). The first-order valence-corrected chi connectivity index (χ1v) is 6.53. The zero-order chi connectivity index (χ0) is 14.5. The Bertz CT molecular complexity index is 590. The Morgan fingerprint density at radius 2 is 2.15 bits per heavy atom. The summed E-state index contributed by atoms with van der Waals surface area (Å²) < 4.78 is 5.69. The van der Waals surface area contributed by atoms with Crippen molar-refractivity contribution in [1.29, 1.82) is 0 Å². The molecule has 1 aromatic heterocycles. The molecule has 0 aliphatic heterocycles. The third-order valence-electron chi connectivity index (χ3n) is 2.66. The van der Waals surface area contributed by atoms with Crippen molar-refractivity contribution in [2.24, 2.45) is 5.92 Å². The molecule has 4 N–H and O–H groups in total. The summed E-state index contributed by atoms with van der Waals surface area (Å²) >= 11 is 0. The normalized spacial score (nSPS) is 10.6. The Morgan fingerprint density at radius 1 is 1.40 bits per heavy atom. The first-order chi connectivity index (χ1) is 9.56. The molecule has 0 saturated carbocycles. The smallest absolute Gasteiger partial charge is 0.272 e. The molecule has 0 radical (unpaired) electrons. The molecule has 20 heavy (non-hydrogen) atoms. The minimum Gasteiger partial charge on any atom is -0.491 e. The monoisotopic (exact) mass is 273 g/mol. The number of anilines is 2. The number of carbonyl (C=O) groups excluding carboxylic acids is 1. The molecule has 0 saturated heterocycles. The van der Waals surface area contributed by atoms with Crippen molar-refractivity contribution < 1.29 is 9.53 Å². The zero-order valence-electron chi connectivity index (χ0n) is 11.6. The number of aromatic amines is 1. The van der Waals surface area contributed by atoms with Gasteiger partial charge in [-0.2, -0.15) is 0 Å². The molecular formula is C15H19N3O2. The van der Waals surface area contributed by atoms with Gasteiger partial charge in [0.05, 0.1) is 12.3 Å². The van der Waals surface area contributed by atoms with E-state index in [2.05, 4.69) is 24.1 Å². The van der Waals surface area contributed by atoms with Gasteiger partial charge in [0.1, 0.15) is 11.4 Å². The van der Waals surface area contributed by atoms with Crippen LogP contribution in [0.2, 0.25) is 0 Å². The number of aromatic nitrogens is 1. The third-order valence-corrected chi connectivity index (χ3v) is 2.66. The number of H-pyrrole nitrogens is 1. The van der Waals surface area contributed by atoms with Crippen molar-refractivity contribution in [3.8, 4) is 5.75 Å². The number of hydrogen-bond acceptors (Lipinski definition) is 3. The molecule has 5 nitrogen and oxygen atoms in total. The van der Waals surface area contributed by atoms with Crippen LogP contribution in [0.25, 0.3) is 0 Å². The molecule has 0 spiro atoms. The van der Waals surface area contributed by atoms with Crippen LogP contribution in [-0.4, -0.2) is 17.5 Å². The maximum absolute atomic E-state index is 12.1. The van der Waals surface area contributed by atoms with Gasteiger partial charge in [0.15, 0.2) is 0 Å². The van der Waals surface area contributed by atoms with Crippen molar-refractivity contribution in [2.75, 3.05) is 17.7 Å². The molecular weight excluding hydrogens is 254 g/mol. The highest BCUT2D eigenvalue weighted by Crippen LogP contribution is 2.24. The average Bonchev–Trinajstić information content (AvgIpc) is 2.84. The summed E-state index contributed by atoms with van der Waals surface area (Å²) in [7, 11) is 0. The Hall–Kier alpha value is -2.43. The standard InChI is InChI=1S/C15H19N3O2/c1-10(2)9-20-14-6-4-3-5-12(14)18-15(19)13-7-11(16)8-17-13/h3-8,10,17H,9,16H2,1-2H3,(H,18,19). The maximum Gasteiger partial charge on any atom is 0.272 e. The molecule has 1 aromatic carbocycles. The van der Waals surface area contributed by atoms with Gasteiger partial charge in [-0.05, 0) is 24.1 Å². The quantitative estimate of drug-likeness (QED) is 0.783. The van der Waals surface area contributed by atoms with Gasteiger partial charge in [0.25, 0.3) is 5.91 Å². The van der Waals surface area contributed by atoms with Gasteiger partial charge in [0, 0.05) is 11.9 Å². The number of nitrogens with one attached hydrogen (secondary N) is 2. The van der Waals surface area contributed by atoms with E-state index in [9.17, 15) is 4.79 Å². The number of hydrogen-bond donors (Lipinski definition) is 3. The SMILES string of the molecule is CC(C)COc1ccccc1NC(=O)c1cc(N)c[nH]1. The van der Waals surface area contributed by atoms with E-state index in [0.29, 0.717) is 35.3 Å². The van der Waals surface area contributed by atoms with Crippen molar-refractivity contribution in [1.82, 2.24) is 4.98 Å². The summed E-state index contributed by atoms with van der Waals surface area (Å²) in [5, 5.41) is 2.81. The Labute approximate surface area is 118 Å². The molecule has 0 atom stereocenters. The van der Waals surface area contributed by atoms with E-state index in [1.807, 2.05) is 18.2 Å². The van der Waals surface area contributed by atoms with E-state index in [1.54, 1.807) is 18.3 Å². The van der Waals surface area contributed by atoms with Crippen LogP contribution >= 0.6 is 0 Å². The summed E-state index contributed by atoms with van der Waals surface area (Å²) in [6.45, 7) is 4.74. The number of nitrogens with two attached hydrogens (primary N) is 1. The van der Waals surface area contributed by atoms with Crippen molar-refractivity contribution in [3.63, 3.8) is 0 Å². The molecule has 0 aliphatic rings. The van der Waals surface area contributed by atoms with Crippen LogP contribution in [0.4, 0.5) is 11.4 Å². The number of para-hydroxylation sites is 2. The number of rotatable bonds is 5. The zero-order valence-corrected chi connectivity index (χ0v) is 11.6. The lowest BCUT2D eigenvalue weighted by molar-refractivity contribution is 0.102. The fraction of sp³-hybridized carbons (Fsp3) is 0.267. The second-order valence-electron chi connectivity index (χ2n) is 5.00. The van der Waals surface area contributed by atoms with Crippen LogP contribution in [0.1, 0.15) is 24.3 Å². The van der Waals surface area contributed by atoms with Gasteiger partial charge in [-0.25, -0.2) is 0 Å². The van der Waals surface area contributed by atoms with E-state index < -0.39 is 0 Å². The molecule has 5 heteroatoms. The molecule has 0 unspecified atom stereocenters. The lowest BCUT2D eigenvalue weighted by atomic mass is 10.2. The van der Waals surface area contributed by atoms with Gasteiger partial charge < -0.3 is 20.8 Å². The summed E-state index contributed by atoms with van der Waals surface area (Å²) in [4.78, 5) is 14.9. The van der Waals surface area contributed by atoms with Gasteiger partial charge in [-0.15, -0.1) is 0 Å². The molecule has 1 amide bonds. The van der Waals surface area contributed by atoms with Crippen molar-refractivity contribution in [3.05, 3.63) is 42.2 Å². The van der Waals surface area contributed by atoms with Gasteiger partial charge in [0.2, 0.25) is 0 Å². The van der Waals surface area contributed by atoms with Crippen LogP contribution in [0, 0.1) is 5.92 Å². The predicted molar refractivity (Wildman–Crippen MR) is 79.9 cm³/mol. The number of carbonyl (C=O) groups is 1. The molecule has 1 heterocycles. The molecule has 0 fully saturated rings. The van der Waals surface area contributed by atoms with Gasteiger partial charge in [-0.1, -0.05) is 26.0 Å². The summed E-state index contributed by atoms with van der Waals surface area (Å²) in [6, 6.07) is 8.95. The number of benzene rings is 1. The summed E-state index contributed by atoms with van der Waals surface area (Å²) in [5.41, 5.74) is 7.17. The minimum atomic E-state index is -0.248. The largest absolute Gasteiger partial charge is 0.491 e. The van der Waals surface area contributed by atoms with Crippen molar-refractivity contribution in [2.45, 2.75) is 13.8 Å². The average molecular weight is 273 g/mol. The van der Waals surface area contributed by atoms with E-state index in [-0.39, 0.29) is 5.91 Å². The molecule has 2 aromatic rings. The maximum atomic E-state index is 12.1. The second-order valence-corrected chi connectivity index (χ2v) is 5.00. The van der Waals surface area contributed by atoms with Crippen LogP contribution in [-0.2, 0) is 0 Å². The van der Waals surface area contributed by atoms with E-state index >= 15 is 0 Å². The lowest BCUT2D eigenvalue weighted by Crippen LogP contribution is -2.14. The van der Waals surface area contributed by atoms with E-state index in [4.69, 9.17) is 10.5 Å². The fourth-order valence-corrected chi connectivity index (χ4v) is 1.68. The summed E-state index contributed by atoms with van der Waals surface area (Å²) in [6.07, 6.45) is 1.58.